The summed E-state index contributed by atoms with van der Waals surface area (Å²) in [6.07, 6.45) is 3.63. The maximum absolute atomic E-state index is 6.37. The minimum absolute atomic E-state index is 0.224. The Balaban J connectivity index is 1.36. The molecule has 35 heavy (non-hydrogen) atoms. The fourth-order valence-electron chi connectivity index (χ4n) is 4.40. The van der Waals surface area contributed by atoms with E-state index < -0.39 is 0 Å². The molecule has 6 rings (SSSR count). The van der Waals surface area contributed by atoms with Crippen LogP contribution in [0.2, 0.25) is 5.28 Å². The first-order chi connectivity index (χ1) is 17.2. The highest BCUT2D eigenvalue weighted by atomic mass is 35.5. The molecule has 4 aromatic carbocycles. The number of nitrogens with zero attached hydrogens (tertiary/aromatic N) is 3. The van der Waals surface area contributed by atoms with Crippen LogP contribution in [0.3, 0.4) is 0 Å². The van der Waals surface area contributed by atoms with Crippen LogP contribution < -0.4 is 0 Å². The van der Waals surface area contributed by atoms with E-state index in [9.17, 15) is 0 Å². The number of hydrogen-bond acceptors (Lipinski definition) is 3. The molecule has 0 atom stereocenters. The molecule has 166 valence electrons. The third kappa shape index (κ3) is 4.30. The lowest BCUT2D eigenvalue weighted by atomic mass is 9.97. The summed E-state index contributed by atoms with van der Waals surface area (Å²) in [6, 6.07) is 37.5. The molecule has 0 saturated carbocycles. The Morgan fingerprint density at radius 1 is 0.514 bits per heavy atom. The summed E-state index contributed by atoms with van der Waals surface area (Å²) < 4.78 is 0. The summed E-state index contributed by atoms with van der Waals surface area (Å²) in [7, 11) is 0. The van der Waals surface area contributed by atoms with Crippen molar-refractivity contribution in [2.45, 2.75) is 0 Å². The summed E-state index contributed by atoms with van der Waals surface area (Å²) in [5, 5.41) is 2.70. The number of aromatic nitrogens is 3. The van der Waals surface area contributed by atoms with Crippen LogP contribution in [0.15, 0.2) is 122 Å². The van der Waals surface area contributed by atoms with Crippen LogP contribution in [-0.2, 0) is 0 Å². The Hall–Kier alpha value is -4.34. The van der Waals surface area contributed by atoms with E-state index in [1.165, 1.54) is 16.3 Å². The van der Waals surface area contributed by atoms with Crippen LogP contribution in [0, 0.1) is 0 Å². The van der Waals surface area contributed by atoms with E-state index in [4.69, 9.17) is 11.6 Å². The van der Waals surface area contributed by atoms with Crippen molar-refractivity contribution >= 4 is 22.4 Å². The van der Waals surface area contributed by atoms with Crippen LogP contribution in [0.4, 0.5) is 0 Å². The minimum Gasteiger partial charge on any atom is -0.264 e. The smallest absolute Gasteiger partial charge is 0.223 e. The van der Waals surface area contributed by atoms with Gasteiger partial charge in [0.05, 0.1) is 11.4 Å². The molecular weight excluding hydrogens is 450 g/mol. The van der Waals surface area contributed by atoms with Crippen molar-refractivity contribution in [1.82, 2.24) is 15.0 Å². The maximum Gasteiger partial charge on any atom is 0.223 e. The quantitative estimate of drug-likeness (QED) is 0.243. The maximum atomic E-state index is 6.37. The van der Waals surface area contributed by atoms with Crippen LogP contribution in [0.25, 0.3) is 55.5 Å². The van der Waals surface area contributed by atoms with Crippen molar-refractivity contribution in [2.75, 3.05) is 0 Å². The molecular formula is C31H20ClN3. The number of fused-ring (bicyclic) bond motifs is 1. The van der Waals surface area contributed by atoms with Crippen LogP contribution in [0.5, 0.6) is 0 Å². The van der Waals surface area contributed by atoms with Gasteiger partial charge in [-0.25, -0.2) is 9.97 Å². The van der Waals surface area contributed by atoms with E-state index in [1.54, 1.807) is 6.20 Å². The van der Waals surface area contributed by atoms with Gasteiger partial charge >= 0.3 is 0 Å². The number of hydrogen-bond donors (Lipinski definition) is 0. The Labute approximate surface area is 208 Å². The van der Waals surface area contributed by atoms with Gasteiger partial charge in [0.1, 0.15) is 0 Å². The molecule has 0 aliphatic carbocycles. The summed E-state index contributed by atoms with van der Waals surface area (Å²) in [5.41, 5.74) is 8.04. The van der Waals surface area contributed by atoms with Crippen molar-refractivity contribution in [2.24, 2.45) is 0 Å². The van der Waals surface area contributed by atoms with E-state index in [0.29, 0.717) is 0 Å². The lowest BCUT2D eigenvalue weighted by molar-refractivity contribution is 1.18. The van der Waals surface area contributed by atoms with Gasteiger partial charge in [-0.3, -0.25) is 4.98 Å². The molecule has 2 heterocycles. The SMILES string of the molecule is Clc1nc(-c2ccc(-c3cccc4ccccc34)cc2)cc(-c2cccc(-c3cccnc3)c2)n1. The molecule has 6 aromatic rings. The fourth-order valence-corrected chi connectivity index (χ4v) is 4.58. The molecule has 0 spiro atoms. The molecule has 4 heteroatoms. The highest BCUT2D eigenvalue weighted by Crippen LogP contribution is 2.32. The topological polar surface area (TPSA) is 38.7 Å². The van der Waals surface area contributed by atoms with Gasteiger partial charge < -0.3 is 0 Å². The molecule has 0 bridgehead atoms. The summed E-state index contributed by atoms with van der Waals surface area (Å²) in [6.45, 7) is 0. The van der Waals surface area contributed by atoms with Crippen LogP contribution >= 0.6 is 11.6 Å². The molecule has 0 aliphatic heterocycles. The highest BCUT2D eigenvalue weighted by Gasteiger charge is 2.10. The Bertz CT molecular complexity index is 1640. The zero-order valence-corrected chi connectivity index (χ0v) is 19.5. The second-order valence-electron chi connectivity index (χ2n) is 8.33. The monoisotopic (exact) mass is 469 g/mol. The predicted molar refractivity (Wildman–Crippen MR) is 144 cm³/mol. The standard InChI is InChI=1S/C31H20ClN3/c32-31-34-29(19-30(35-31)25-9-3-8-24(18-25)26-10-5-17-33-20-26)23-15-13-22(14-16-23)28-12-4-7-21-6-1-2-11-27(21)28/h1-20H. The van der Waals surface area contributed by atoms with E-state index in [-0.39, 0.29) is 5.28 Å². The van der Waals surface area contributed by atoms with Gasteiger partial charge in [-0.05, 0) is 57.3 Å². The minimum atomic E-state index is 0.224. The number of benzene rings is 4. The lowest BCUT2D eigenvalue weighted by Crippen LogP contribution is -1.92. The third-order valence-corrected chi connectivity index (χ3v) is 6.30. The molecule has 0 amide bonds. The van der Waals surface area contributed by atoms with E-state index >= 15 is 0 Å². The normalized spacial score (nSPS) is 11.0. The summed E-state index contributed by atoms with van der Waals surface area (Å²) in [5.74, 6) is 0. The van der Waals surface area contributed by atoms with Gasteiger partial charge in [-0.2, -0.15) is 0 Å². The number of pyridine rings is 1. The lowest BCUT2D eigenvalue weighted by Gasteiger charge is -2.10. The second-order valence-corrected chi connectivity index (χ2v) is 8.67. The molecule has 0 saturated heterocycles. The van der Waals surface area contributed by atoms with Gasteiger partial charge in [-0.1, -0.05) is 91.0 Å². The van der Waals surface area contributed by atoms with Gasteiger partial charge in [0.2, 0.25) is 5.28 Å². The summed E-state index contributed by atoms with van der Waals surface area (Å²) in [4.78, 5) is 13.2. The van der Waals surface area contributed by atoms with E-state index in [0.717, 1.165) is 39.2 Å². The molecule has 0 unspecified atom stereocenters. The average molecular weight is 470 g/mol. The number of halogens is 1. The Morgan fingerprint density at radius 2 is 1.20 bits per heavy atom. The van der Waals surface area contributed by atoms with Gasteiger partial charge in [0.25, 0.3) is 0 Å². The second kappa shape index (κ2) is 9.13. The van der Waals surface area contributed by atoms with E-state index in [2.05, 4.69) is 93.8 Å². The Morgan fingerprint density at radius 3 is 2.03 bits per heavy atom. The van der Waals surface area contributed by atoms with Gasteiger partial charge in [-0.15, -0.1) is 0 Å². The first-order valence-electron chi connectivity index (χ1n) is 11.4. The molecule has 0 fully saturated rings. The first kappa shape index (κ1) is 21.2. The third-order valence-electron chi connectivity index (χ3n) is 6.13. The molecule has 0 aliphatic rings. The molecule has 2 aromatic heterocycles. The fraction of sp³-hybridized carbons (Fsp3) is 0. The Kier molecular flexibility index (Phi) is 5.53. The number of rotatable bonds is 4. The van der Waals surface area contributed by atoms with Crippen LogP contribution in [-0.4, -0.2) is 15.0 Å². The van der Waals surface area contributed by atoms with Crippen molar-refractivity contribution in [3.63, 3.8) is 0 Å². The molecule has 3 nitrogen and oxygen atoms in total. The predicted octanol–water partition coefficient (Wildman–Crippen LogP) is 8.35. The van der Waals surface area contributed by atoms with Crippen LogP contribution in [0.1, 0.15) is 0 Å². The van der Waals surface area contributed by atoms with Crippen molar-refractivity contribution in [3.05, 3.63) is 127 Å². The molecule has 0 radical (unpaired) electrons. The van der Waals surface area contributed by atoms with Gasteiger partial charge in [0.15, 0.2) is 0 Å². The van der Waals surface area contributed by atoms with Gasteiger partial charge in [0, 0.05) is 29.1 Å². The zero-order valence-electron chi connectivity index (χ0n) is 18.8. The highest BCUT2D eigenvalue weighted by molar-refractivity contribution is 6.28. The van der Waals surface area contributed by atoms with E-state index in [1.807, 2.05) is 36.5 Å². The van der Waals surface area contributed by atoms with Crippen molar-refractivity contribution in [3.8, 4) is 44.8 Å². The largest absolute Gasteiger partial charge is 0.264 e. The van der Waals surface area contributed by atoms with Crippen molar-refractivity contribution in [1.29, 1.82) is 0 Å². The zero-order chi connectivity index (χ0) is 23.6. The average Bonchev–Trinajstić information content (AvgIpc) is 2.93. The first-order valence-corrected chi connectivity index (χ1v) is 11.8. The van der Waals surface area contributed by atoms with Crippen molar-refractivity contribution < 1.29 is 0 Å². The summed E-state index contributed by atoms with van der Waals surface area (Å²) >= 11 is 6.37. The molecule has 0 N–H and O–H groups in total.